The average Bonchev–Trinajstić information content (AvgIpc) is 2.77. The molecule has 1 saturated carbocycles. The van der Waals surface area contributed by atoms with Crippen LogP contribution in [0.15, 0.2) is 0 Å². The van der Waals surface area contributed by atoms with Gasteiger partial charge in [0.15, 0.2) is 0 Å². The molecule has 1 saturated heterocycles. The first-order valence-corrected chi connectivity index (χ1v) is 7.67. The molecule has 1 aliphatic heterocycles. The highest BCUT2D eigenvalue weighted by Gasteiger charge is 2.33. The summed E-state index contributed by atoms with van der Waals surface area (Å²) in [4.78, 5) is 2.68. The molecule has 1 heterocycles. The van der Waals surface area contributed by atoms with Crippen molar-refractivity contribution in [3.63, 3.8) is 0 Å². The molecule has 100 valence electrons. The number of piperidine rings is 1. The van der Waals surface area contributed by atoms with Crippen molar-refractivity contribution in [1.82, 2.24) is 4.90 Å². The van der Waals surface area contributed by atoms with E-state index in [4.69, 9.17) is 5.73 Å². The van der Waals surface area contributed by atoms with Crippen molar-refractivity contribution in [2.45, 2.75) is 64.8 Å². The van der Waals surface area contributed by atoms with Crippen molar-refractivity contribution in [3.05, 3.63) is 0 Å². The molecule has 0 aromatic heterocycles. The SMILES string of the molecule is CCC1(CC)CCN(CC2CCCC2N)CC1. The normalized spacial score (nSPS) is 34.1. The summed E-state index contributed by atoms with van der Waals surface area (Å²) in [6.07, 6.45) is 9.51. The maximum Gasteiger partial charge on any atom is 0.00793 e. The Morgan fingerprint density at radius 3 is 2.24 bits per heavy atom. The topological polar surface area (TPSA) is 29.3 Å². The summed E-state index contributed by atoms with van der Waals surface area (Å²) in [6, 6.07) is 0.485. The van der Waals surface area contributed by atoms with Crippen LogP contribution < -0.4 is 5.73 Å². The van der Waals surface area contributed by atoms with Gasteiger partial charge in [-0.1, -0.05) is 33.1 Å². The van der Waals surface area contributed by atoms with Gasteiger partial charge in [0.25, 0.3) is 0 Å². The van der Waals surface area contributed by atoms with Crippen LogP contribution in [-0.4, -0.2) is 30.6 Å². The van der Waals surface area contributed by atoms with Gasteiger partial charge in [0.2, 0.25) is 0 Å². The molecule has 2 nitrogen and oxygen atoms in total. The van der Waals surface area contributed by atoms with Crippen LogP contribution >= 0.6 is 0 Å². The van der Waals surface area contributed by atoms with Crippen molar-refractivity contribution in [2.24, 2.45) is 17.1 Å². The van der Waals surface area contributed by atoms with Gasteiger partial charge in [0.1, 0.15) is 0 Å². The Kier molecular flexibility index (Phi) is 4.48. The van der Waals surface area contributed by atoms with Crippen LogP contribution in [0.5, 0.6) is 0 Å². The second kappa shape index (κ2) is 5.71. The molecule has 0 bridgehead atoms. The lowest BCUT2D eigenvalue weighted by Gasteiger charge is -2.42. The van der Waals surface area contributed by atoms with Crippen molar-refractivity contribution < 1.29 is 0 Å². The summed E-state index contributed by atoms with van der Waals surface area (Å²) < 4.78 is 0. The molecule has 2 atom stereocenters. The maximum absolute atomic E-state index is 6.18. The van der Waals surface area contributed by atoms with E-state index < -0.39 is 0 Å². The van der Waals surface area contributed by atoms with Gasteiger partial charge in [-0.25, -0.2) is 0 Å². The third kappa shape index (κ3) is 3.03. The summed E-state index contributed by atoms with van der Waals surface area (Å²) in [5, 5.41) is 0. The third-order valence-electron chi connectivity index (χ3n) is 5.63. The molecule has 2 fully saturated rings. The Morgan fingerprint density at radius 2 is 1.76 bits per heavy atom. The first-order valence-electron chi connectivity index (χ1n) is 7.67. The molecule has 2 heteroatoms. The molecule has 2 rings (SSSR count). The Balaban J connectivity index is 1.79. The quantitative estimate of drug-likeness (QED) is 0.816. The smallest absolute Gasteiger partial charge is 0.00793 e. The van der Waals surface area contributed by atoms with Crippen LogP contribution in [-0.2, 0) is 0 Å². The van der Waals surface area contributed by atoms with Crippen molar-refractivity contribution >= 4 is 0 Å². The number of nitrogens with zero attached hydrogens (tertiary/aromatic N) is 1. The van der Waals surface area contributed by atoms with Crippen molar-refractivity contribution in [1.29, 1.82) is 0 Å². The lowest BCUT2D eigenvalue weighted by molar-refractivity contribution is 0.0832. The summed E-state index contributed by atoms with van der Waals surface area (Å²) >= 11 is 0. The molecular weight excluding hydrogens is 208 g/mol. The summed E-state index contributed by atoms with van der Waals surface area (Å²) in [5.41, 5.74) is 6.84. The molecule has 0 amide bonds. The van der Waals surface area contributed by atoms with Crippen LogP contribution in [0.1, 0.15) is 58.8 Å². The fourth-order valence-electron chi connectivity index (χ4n) is 3.79. The minimum absolute atomic E-state index is 0.485. The molecule has 0 aromatic carbocycles. The fraction of sp³-hybridized carbons (Fsp3) is 1.00. The molecule has 0 spiro atoms. The maximum atomic E-state index is 6.18. The van der Waals surface area contributed by atoms with Crippen LogP contribution in [0.2, 0.25) is 0 Å². The van der Waals surface area contributed by atoms with E-state index in [0.29, 0.717) is 11.5 Å². The third-order valence-corrected chi connectivity index (χ3v) is 5.63. The fourth-order valence-corrected chi connectivity index (χ4v) is 3.79. The average molecular weight is 238 g/mol. The minimum atomic E-state index is 0.485. The number of likely N-dealkylation sites (tertiary alicyclic amines) is 1. The predicted octanol–water partition coefficient (Wildman–Crippen LogP) is 3.02. The van der Waals surface area contributed by atoms with Crippen LogP contribution in [0.4, 0.5) is 0 Å². The number of hydrogen-bond acceptors (Lipinski definition) is 2. The van der Waals surface area contributed by atoms with Crippen LogP contribution in [0.3, 0.4) is 0 Å². The number of rotatable bonds is 4. The first kappa shape index (κ1) is 13.4. The van der Waals surface area contributed by atoms with Gasteiger partial charge in [-0.2, -0.15) is 0 Å². The Labute approximate surface area is 107 Å². The predicted molar refractivity (Wildman–Crippen MR) is 74.0 cm³/mol. The van der Waals surface area contributed by atoms with E-state index in [1.807, 2.05) is 0 Å². The summed E-state index contributed by atoms with van der Waals surface area (Å²) in [5.74, 6) is 0.783. The Hall–Kier alpha value is -0.0800. The Bertz CT molecular complexity index is 225. The highest BCUT2D eigenvalue weighted by atomic mass is 15.1. The minimum Gasteiger partial charge on any atom is -0.327 e. The summed E-state index contributed by atoms with van der Waals surface area (Å²) in [7, 11) is 0. The molecule has 0 radical (unpaired) electrons. The van der Waals surface area contributed by atoms with Gasteiger partial charge in [0.05, 0.1) is 0 Å². The van der Waals surface area contributed by atoms with E-state index in [2.05, 4.69) is 18.7 Å². The zero-order valence-corrected chi connectivity index (χ0v) is 11.8. The lowest BCUT2D eigenvalue weighted by atomic mass is 9.74. The van der Waals surface area contributed by atoms with E-state index >= 15 is 0 Å². The van der Waals surface area contributed by atoms with Crippen LogP contribution in [0.25, 0.3) is 0 Å². The number of hydrogen-bond donors (Lipinski definition) is 1. The van der Waals surface area contributed by atoms with Gasteiger partial charge >= 0.3 is 0 Å². The van der Waals surface area contributed by atoms with Gasteiger partial charge in [-0.3, -0.25) is 0 Å². The molecule has 0 aromatic rings. The molecule has 2 unspecified atom stereocenters. The lowest BCUT2D eigenvalue weighted by Crippen LogP contribution is -2.43. The zero-order valence-electron chi connectivity index (χ0n) is 11.8. The van der Waals surface area contributed by atoms with E-state index in [9.17, 15) is 0 Å². The highest BCUT2D eigenvalue weighted by molar-refractivity contribution is 4.87. The highest BCUT2D eigenvalue weighted by Crippen LogP contribution is 2.38. The van der Waals surface area contributed by atoms with Crippen LogP contribution in [0, 0.1) is 11.3 Å². The summed E-state index contributed by atoms with van der Waals surface area (Å²) in [6.45, 7) is 8.62. The van der Waals surface area contributed by atoms with Gasteiger partial charge in [-0.15, -0.1) is 0 Å². The molecular formula is C15H30N2. The first-order chi connectivity index (χ1) is 8.19. The van der Waals surface area contributed by atoms with Gasteiger partial charge < -0.3 is 10.6 Å². The van der Waals surface area contributed by atoms with E-state index in [1.54, 1.807) is 0 Å². The van der Waals surface area contributed by atoms with Crippen molar-refractivity contribution in [3.8, 4) is 0 Å². The molecule has 2 aliphatic rings. The molecule has 1 aliphatic carbocycles. The van der Waals surface area contributed by atoms with E-state index in [0.717, 1.165) is 5.92 Å². The Morgan fingerprint density at radius 1 is 1.12 bits per heavy atom. The van der Waals surface area contributed by atoms with Gasteiger partial charge in [0, 0.05) is 12.6 Å². The zero-order chi connectivity index (χ0) is 12.3. The largest absolute Gasteiger partial charge is 0.327 e. The molecule has 2 N–H and O–H groups in total. The second-order valence-corrected chi connectivity index (χ2v) is 6.36. The van der Waals surface area contributed by atoms with E-state index in [1.165, 1.54) is 64.6 Å². The van der Waals surface area contributed by atoms with Crippen molar-refractivity contribution in [2.75, 3.05) is 19.6 Å². The monoisotopic (exact) mass is 238 g/mol. The van der Waals surface area contributed by atoms with Gasteiger partial charge in [-0.05, 0) is 50.1 Å². The molecule has 17 heavy (non-hydrogen) atoms. The second-order valence-electron chi connectivity index (χ2n) is 6.36. The number of nitrogens with two attached hydrogens (primary N) is 1. The van der Waals surface area contributed by atoms with E-state index in [-0.39, 0.29) is 0 Å². The standard InChI is InChI=1S/C15H30N2/c1-3-15(4-2)8-10-17(11-9-15)12-13-6-5-7-14(13)16/h13-14H,3-12,16H2,1-2H3.